The van der Waals surface area contributed by atoms with Gasteiger partial charge in [-0.05, 0) is 42.5 Å². The van der Waals surface area contributed by atoms with Crippen LogP contribution in [0.25, 0.3) is 0 Å². The molecule has 0 unspecified atom stereocenters. The van der Waals surface area contributed by atoms with Crippen LogP contribution < -0.4 is 5.73 Å². The van der Waals surface area contributed by atoms with E-state index in [0.29, 0.717) is 16.0 Å². The lowest BCUT2D eigenvalue weighted by Crippen LogP contribution is -2.15. The number of hydrogen-bond acceptors (Lipinski definition) is 1. The summed E-state index contributed by atoms with van der Waals surface area (Å²) in [6.07, 6.45) is -2.30. The van der Waals surface area contributed by atoms with Gasteiger partial charge in [-0.2, -0.15) is 13.2 Å². The lowest BCUT2D eigenvalue weighted by molar-refractivity contribution is -0.137. The largest absolute Gasteiger partial charge is 0.416 e. The van der Waals surface area contributed by atoms with Gasteiger partial charge < -0.3 is 5.73 Å². The van der Waals surface area contributed by atoms with E-state index < -0.39 is 11.7 Å². The van der Waals surface area contributed by atoms with E-state index >= 15 is 0 Å². The highest BCUT2D eigenvalue weighted by Crippen LogP contribution is 2.42. The zero-order valence-electron chi connectivity index (χ0n) is 8.39. The molecule has 1 aromatic rings. The SMILES string of the molecule is N[C@H](c1cc(C(F)(F)F)ccc1Br)C1CC1. The van der Waals surface area contributed by atoms with Gasteiger partial charge in [0.15, 0.2) is 0 Å². The van der Waals surface area contributed by atoms with Crippen LogP contribution >= 0.6 is 15.9 Å². The Labute approximate surface area is 100.0 Å². The Morgan fingerprint density at radius 2 is 1.94 bits per heavy atom. The topological polar surface area (TPSA) is 26.0 Å². The monoisotopic (exact) mass is 293 g/mol. The van der Waals surface area contributed by atoms with Crippen LogP contribution in [0.15, 0.2) is 22.7 Å². The summed E-state index contributed by atoms with van der Waals surface area (Å²) in [5, 5.41) is 0. The Morgan fingerprint density at radius 1 is 1.31 bits per heavy atom. The third kappa shape index (κ3) is 2.40. The number of rotatable bonds is 2. The summed E-state index contributed by atoms with van der Waals surface area (Å²) in [4.78, 5) is 0. The molecule has 1 aliphatic carbocycles. The third-order valence-corrected chi connectivity index (χ3v) is 3.53. The average molecular weight is 294 g/mol. The molecule has 0 saturated heterocycles. The Balaban J connectivity index is 2.36. The molecule has 0 heterocycles. The maximum Gasteiger partial charge on any atom is 0.416 e. The molecule has 1 nitrogen and oxygen atoms in total. The lowest BCUT2D eigenvalue weighted by atomic mass is 10.0. The average Bonchev–Trinajstić information content (AvgIpc) is 2.98. The molecule has 5 heteroatoms. The molecule has 1 atom stereocenters. The van der Waals surface area contributed by atoms with Crippen LogP contribution in [-0.4, -0.2) is 0 Å². The first kappa shape index (κ1) is 11.9. The van der Waals surface area contributed by atoms with Crippen molar-refractivity contribution in [3.63, 3.8) is 0 Å². The van der Waals surface area contributed by atoms with Crippen LogP contribution in [0.3, 0.4) is 0 Å². The molecule has 1 saturated carbocycles. The second kappa shape index (κ2) is 4.04. The normalized spacial score (nSPS) is 18.6. The standard InChI is InChI=1S/C11H11BrF3N/c12-9-4-3-7(11(13,14)15)5-8(9)10(16)6-1-2-6/h3-6,10H,1-2,16H2/t10-/m0/s1. The Morgan fingerprint density at radius 3 is 2.44 bits per heavy atom. The van der Waals surface area contributed by atoms with E-state index in [1.807, 2.05) is 0 Å². The molecule has 2 rings (SSSR count). The van der Waals surface area contributed by atoms with Gasteiger partial charge in [0.2, 0.25) is 0 Å². The van der Waals surface area contributed by atoms with Gasteiger partial charge in [0.25, 0.3) is 0 Å². The Bertz CT molecular complexity index is 399. The van der Waals surface area contributed by atoms with Crippen molar-refractivity contribution in [2.24, 2.45) is 11.7 Å². The van der Waals surface area contributed by atoms with Gasteiger partial charge in [0, 0.05) is 10.5 Å². The maximum atomic E-state index is 12.5. The van der Waals surface area contributed by atoms with Crippen LogP contribution in [0.1, 0.15) is 30.0 Å². The number of nitrogens with two attached hydrogens (primary N) is 1. The van der Waals surface area contributed by atoms with Crippen molar-refractivity contribution in [3.8, 4) is 0 Å². The first-order chi connectivity index (χ1) is 7.39. The fraction of sp³-hybridized carbons (Fsp3) is 0.455. The predicted octanol–water partition coefficient (Wildman–Crippen LogP) is 3.88. The van der Waals surface area contributed by atoms with Crippen molar-refractivity contribution in [1.82, 2.24) is 0 Å². The number of alkyl halides is 3. The number of benzene rings is 1. The van der Waals surface area contributed by atoms with Gasteiger partial charge in [-0.15, -0.1) is 0 Å². The zero-order valence-corrected chi connectivity index (χ0v) is 9.98. The van der Waals surface area contributed by atoms with E-state index in [-0.39, 0.29) is 6.04 Å². The zero-order chi connectivity index (χ0) is 11.9. The van der Waals surface area contributed by atoms with Crippen molar-refractivity contribution in [2.45, 2.75) is 25.1 Å². The molecular formula is C11H11BrF3N. The van der Waals surface area contributed by atoms with Crippen molar-refractivity contribution < 1.29 is 13.2 Å². The summed E-state index contributed by atoms with van der Waals surface area (Å²) in [5.41, 5.74) is 5.83. The van der Waals surface area contributed by atoms with E-state index in [1.165, 1.54) is 6.07 Å². The second-order valence-electron chi connectivity index (χ2n) is 4.10. The van der Waals surface area contributed by atoms with E-state index in [2.05, 4.69) is 15.9 Å². The molecular weight excluding hydrogens is 283 g/mol. The van der Waals surface area contributed by atoms with Crippen molar-refractivity contribution in [1.29, 1.82) is 0 Å². The quantitative estimate of drug-likeness (QED) is 0.880. The molecule has 0 amide bonds. The highest BCUT2D eigenvalue weighted by atomic mass is 79.9. The highest BCUT2D eigenvalue weighted by Gasteiger charge is 2.34. The summed E-state index contributed by atoms with van der Waals surface area (Å²) in [6, 6.07) is 3.33. The minimum Gasteiger partial charge on any atom is -0.324 e. The molecule has 1 aromatic carbocycles. The van der Waals surface area contributed by atoms with Crippen molar-refractivity contribution in [3.05, 3.63) is 33.8 Å². The highest BCUT2D eigenvalue weighted by molar-refractivity contribution is 9.10. The van der Waals surface area contributed by atoms with Crippen LogP contribution in [0, 0.1) is 5.92 Å². The molecule has 0 aromatic heterocycles. The van der Waals surface area contributed by atoms with E-state index in [1.54, 1.807) is 0 Å². The van der Waals surface area contributed by atoms with E-state index in [0.717, 1.165) is 25.0 Å². The van der Waals surface area contributed by atoms with Gasteiger partial charge >= 0.3 is 6.18 Å². The molecule has 0 spiro atoms. The van der Waals surface area contributed by atoms with Gasteiger partial charge in [0.1, 0.15) is 0 Å². The molecule has 0 bridgehead atoms. The first-order valence-corrected chi connectivity index (χ1v) is 5.81. The Kier molecular flexibility index (Phi) is 3.01. The van der Waals surface area contributed by atoms with Gasteiger partial charge in [-0.3, -0.25) is 0 Å². The van der Waals surface area contributed by atoms with Crippen LogP contribution in [0.4, 0.5) is 13.2 Å². The predicted molar refractivity (Wildman–Crippen MR) is 58.8 cm³/mol. The first-order valence-electron chi connectivity index (χ1n) is 5.02. The summed E-state index contributed by atoms with van der Waals surface area (Å²) in [6.45, 7) is 0. The second-order valence-corrected chi connectivity index (χ2v) is 4.95. The van der Waals surface area contributed by atoms with Crippen LogP contribution in [0.5, 0.6) is 0 Å². The molecule has 2 N–H and O–H groups in total. The fourth-order valence-electron chi connectivity index (χ4n) is 1.68. The van der Waals surface area contributed by atoms with Crippen LogP contribution in [-0.2, 0) is 6.18 Å². The fourth-order valence-corrected chi connectivity index (χ4v) is 2.20. The van der Waals surface area contributed by atoms with Gasteiger partial charge in [-0.25, -0.2) is 0 Å². The summed E-state index contributed by atoms with van der Waals surface area (Å²) >= 11 is 3.25. The van der Waals surface area contributed by atoms with E-state index in [4.69, 9.17) is 5.73 Å². The van der Waals surface area contributed by atoms with Gasteiger partial charge in [0.05, 0.1) is 5.56 Å². The number of hydrogen-bond donors (Lipinski definition) is 1. The molecule has 1 aliphatic rings. The lowest BCUT2D eigenvalue weighted by Gasteiger charge is -2.15. The van der Waals surface area contributed by atoms with Crippen LogP contribution in [0.2, 0.25) is 0 Å². The maximum absolute atomic E-state index is 12.5. The third-order valence-electron chi connectivity index (χ3n) is 2.81. The molecule has 0 radical (unpaired) electrons. The van der Waals surface area contributed by atoms with Crippen molar-refractivity contribution in [2.75, 3.05) is 0 Å². The summed E-state index contributed by atoms with van der Waals surface area (Å²) in [7, 11) is 0. The smallest absolute Gasteiger partial charge is 0.324 e. The van der Waals surface area contributed by atoms with Gasteiger partial charge in [-0.1, -0.05) is 15.9 Å². The molecule has 1 fully saturated rings. The van der Waals surface area contributed by atoms with Crippen molar-refractivity contribution >= 4 is 15.9 Å². The summed E-state index contributed by atoms with van der Waals surface area (Å²) < 4.78 is 38.2. The molecule has 88 valence electrons. The Hall–Kier alpha value is -0.550. The minimum atomic E-state index is -4.31. The molecule has 0 aliphatic heterocycles. The molecule has 16 heavy (non-hydrogen) atoms. The minimum absolute atomic E-state index is 0.295. The summed E-state index contributed by atoms with van der Waals surface area (Å²) in [5.74, 6) is 0.333. The van der Waals surface area contributed by atoms with E-state index in [9.17, 15) is 13.2 Å². The number of halogens is 4.